The highest BCUT2D eigenvalue weighted by Crippen LogP contribution is 2.37. The fraction of sp³-hybridized carbons (Fsp3) is 0.200. The summed E-state index contributed by atoms with van der Waals surface area (Å²) in [5.41, 5.74) is 3.32. The summed E-state index contributed by atoms with van der Waals surface area (Å²) >= 11 is 0. The second-order valence-electron chi connectivity index (χ2n) is 8.22. The van der Waals surface area contributed by atoms with E-state index in [2.05, 4.69) is 31.1 Å². The normalized spacial score (nSPS) is 13.2. The fourth-order valence-corrected chi connectivity index (χ4v) is 5.20. The van der Waals surface area contributed by atoms with Crippen molar-refractivity contribution in [1.82, 2.24) is 19.7 Å². The van der Waals surface area contributed by atoms with Crippen LogP contribution in [0.4, 0.5) is 11.4 Å². The van der Waals surface area contributed by atoms with Crippen molar-refractivity contribution in [2.24, 2.45) is 0 Å². The molecule has 2 aromatic carbocycles. The van der Waals surface area contributed by atoms with Gasteiger partial charge in [-0.25, -0.2) is 18.1 Å². The Labute approximate surface area is 208 Å². The quantitative estimate of drug-likeness (QED) is 0.368. The summed E-state index contributed by atoms with van der Waals surface area (Å²) in [4.78, 5) is 12.9. The number of benzene rings is 2. The van der Waals surface area contributed by atoms with Crippen LogP contribution >= 0.6 is 0 Å². The van der Waals surface area contributed by atoms with Gasteiger partial charge in [0.25, 0.3) is 0 Å². The molecule has 0 amide bonds. The largest absolute Gasteiger partial charge is 0.480 e. The van der Waals surface area contributed by atoms with Gasteiger partial charge in [0.05, 0.1) is 42.6 Å². The molecular formula is C25H22N6O4S. The number of nitrogens with one attached hydrogen (secondary N) is 2. The molecule has 1 fully saturated rings. The van der Waals surface area contributed by atoms with E-state index in [0.717, 1.165) is 18.4 Å². The van der Waals surface area contributed by atoms with Crippen LogP contribution in [0.25, 0.3) is 22.0 Å². The fourth-order valence-electron chi connectivity index (χ4n) is 3.77. The molecule has 0 unspecified atom stereocenters. The van der Waals surface area contributed by atoms with E-state index in [-0.39, 0.29) is 16.9 Å². The molecule has 1 aliphatic carbocycles. The molecule has 0 spiro atoms. The predicted molar refractivity (Wildman–Crippen MR) is 134 cm³/mol. The number of pyridine rings is 1. The molecule has 10 nitrogen and oxygen atoms in total. The van der Waals surface area contributed by atoms with Crippen LogP contribution < -0.4 is 19.5 Å². The zero-order chi connectivity index (χ0) is 25.3. The molecule has 2 heterocycles. The van der Waals surface area contributed by atoms with Gasteiger partial charge in [0, 0.05) is 29.5 Å². The molecule has 2 N–H and O–H groups in total. The first-order chi connectivity index (χ1) is 17.4. The van der Waals surface area contributed by atoms with Gasteiger partial charge in [-0.3, -0.25) is 4.98 Å². The smallest absolute Gasteiger partial charge is 0.319 e. The third-order valence-electron chi connectivity index (χ3n) is 5.70. The van der Waals surface area contributed by atoms with E-state index < -0.39 is 10.0 Å². The lowest BCUT2D eigenvalue weighted by atomic mass is 10.0. The molecule has 1 saturated carbocycles. The summed E-state index contributed by atoms with van der Waals surface area (Å²) in [7, 11) is -0.852. The van der Waals surface area contributed by atoms with Gasteiger partial charge in [0.15, 0.2) is 0 Å². The number of hydrogen-bond donors (Lipinski definition) is 2. The van der Waals surface area contributed by atoms with Crippen molar-refractivity contribution in [3.8, 4) is 29.1 Å². The Morgan fingerprint density at radius 2 is 1.89 bits per heavy atom. The van der Waals surface area contributed by atoms with Crippen LogP contribution in [0.3, 0.4) is 0 Å². The summed E-state index contributed by atoms with van der Waals surface area (Å²) in [5.74, 6) is 0.334. The lowest BCUT2D eigenvalue weighted by molar-refractivity contribution is 0.353. The Morgan fingerprint density at radius 3 is 2.61 bits per heavy atom. The number of sulfonamides is 1. The van der Waals surface area contributed by atoms with Gasteiger partial charge in [-0.1, -0.05) is 18.2 Å². The van der Waals surface area contributed by atoms with E-state index in [1.807, 2.05) is 12.1 Å². The van der Waals surface area contributed by atoms with Crippen molar-refractivity contribution in [3.63, 3.8) is 0 Å². The summed E-state index contributed by atoms with van der Waals surface area (Å²) < 4.78 is 39.6. The van der Waals surface area contributed by atoms with Crippen molar-refractivity contribution in [3.05, 3.63) is 60.4 Å². The van der Waals surface area contributed by atoms with Crippen LogP contribution in [-0.4, -0.2) is 43.6 Å². The highest BCUT2D eigenvalue weighted by atomic mass is 32.2. The highest BCUT2D eigenvalue weighted by Gasteiger charge is 2.30. The van der Waals surface area contributed by atoms with Crippen molar-refractivity contribution in [2.45, 2.75) is 23.8 Å². The minimum atomic E-state index is -3.83. The molecule has 0 saturated heterocycles. The number of aromatic nitrogens is 3. The van der Waals surface area contributed by atoms with Crippen LogP contribution in [0, 0.1) is 11.3 Å². The number of nitrogens with zero attached hydrogens (tertiary/aromatic N) is 4. The van der Waals surface area contributed by atoms with Crippen LogP contribution in [0.1, 0.15) is 18.4 Å². The average molecular weight is 503 g/mol. The second-order valence-corrected chi connectivity index (χ2v) is 9.90. The number of nitriles is 1. The van der Waals surface area contributed by atoms with Crippen molar-refractivity contribution >= 4 is 32.3 Å². The zero-order valence-corrected chi connectivity index (χ0v) is 20.3. The standard InChI is InChI=1S/C25H22N6O4S/c1-34-24-20(13-28-25(30-24)35-2)16-6-9-19-21(11-16)27-14-22(36(32,33)31-17-7-8-17)23(19)29-18-5-3-4-15(10-18)12-26/h3-6,9-11,13-14,17,31H,7-8H2,1-2H3,(H,27,29). The third kappa shape index (κ3) is 4.64. The SMILES string of the molecule is COc1ncc(-c2ccc3c(Nc4cccc(C#N)c4)c(S(=O)(=O)NC4CC4)cnc3c2)c(OC)n1. The summed E-state index contributed by atoms with van der Waals surface area (Å²) in [6, 6.07) is 14.5. The van der Waals surface area contributed by atoms with Crippen LogP contribution in [0.15, 0.2) is 59.8 Å². The molecular weight excluding hydrogens is 480 g/mol. The summed E-state index contributed by atoms with van der Waals surface area (Å²) in [5, 5.41) is 13.1. The summed E-state index contributed by atoms with van der Waals surface area (Å²) in [6.07, 6.45) is 4.55. The van der Waals surface area contributed by atoms with Crippen molar-refractivity contribution in [2.75, 3.05) is 19.5 Å². The first kappa shape index (κ1) is 23.5. The number of ether oxygens (including phenoxy) is 2. The van der Waals surface area contributed by atoms with Crippen molar-refractivity contribution in [1.29, 1.82) is 5.26 Å². The molecule has 36 heavy (non-hydrogen) atoms. The molecule has 182 valence electrons. The third-order valence-corrected chi connectivity index (χ3v) is 7.23. The van der Waals surface area contributed by atoms with E-state index in [9.17, 15) is 13.7 Å². The van der Waals surface area contributed by atoms with E-state index in [1.54, 1.807) is 36.5 Å². The number of anilines is 2. The lowest BCUT2D eigenvalue weighted by Gasteiger charge is -2.16. The summed E-state index contributed by atoms with van der Waals surface area (Å²) in [6.45, 7) is 0. The topological polar surface area (TPSA) is 139 Å². The van der Waals surface area contributed by atoms with Gasteiger partial charge in [0.1, 0.15) is 4.90 Å². The molecule has 5 rings (SSSR count). The van der Waals surface area contributed by atoms with E-state index >= 15 is 0 Å². The maximum Gasteiger partial charge on any atom is 0.319 e. The maximum atomic E-state index is 13.2. The molecule has 1 aliphatic rings. The predicted octanol–water partition coefficient (Wildman–Crippen LogP) is 3.76. The Kier molecular flexibility index (Phi) is 6.13. The Balaban J connectivity index is 1.65. The van der Waals surface area contributed by atoms with E-state index in [4.69, 9.17) is 9.47 Å². The lowest BCUT2D eigenvalue weighted by Crippen LogP contribution is -2.26. The minimum Gasteiger partial charge on any atom is -0.480 e. The van der Waals surface area contributed by atoms with Gasteiger partial charge in [-0.15, -0.1) is 0 Å². The number of hydrogen-bond acceptors (Lipinski definition) is 9. The van der Waals surface area contributed by atoms with Gasteiger partial charge in [-0.05, 0) is 42.7 Å². The van der Waals surface area contributed by atoms with Gasteiger partial charge in [-0.2, -0.15) is 10.2 Å². The van der Waals surface area contributed by atoms with Crippen LogP contribution in [0.5, 0.6) is 11.9 Å². The van der Waals surface area contributed by atoms with Crippen LogP contribution in [0.2, 0.25) is 0 Å². The first-order valence-corrected chi connectivity index (χ1v) is 12.6. The first-order valence-electron chi connectivity index (χ1n) is 11.1. The Hall–Kier alpha value is -4.27. The monoisotopic (exact) mass is 502 g/mol. The minimum absolute atomic E-state index is 0.0300. The molecule has 0 aliphatic heterocycles. The van der Waals surface area contributed by atoms with E-state index in [1.165, 1.54) is 20.4 Å². The second kappa shape index (κ2) is 9.41. The molecule has 0 atom stereocenters. The number of methoxy groups -OCH3 is 2. The average Bonchev–Trinajstić information content (AvgIpc) is 3.71. The Bertz CT molecular complexity index is 1610. The maximum absolute atomic E-state index is 13.2. The van der Waals surface area contributed by atoms with E-state index in [0.29, 0.717) is 39.3 Å². The number of fused-ring (bicyclic) bond motifs is 1. The highest BCUT2D eigenvalue weighted by molar-refractivity contribution is 7.89. The molecule has 0 bridgehead atoms. The number of rotatable bonds is 8. The Morgan fingerprint density at radius 1 is 1.06 bits per heavy atom. The molecule has 0 radical (unpaired) electrons. The van der Waals surface area contributed by atoms with Gasteiger partial charge < -0.3 is 14.8 Å². The molecule has 2 aromatic heterocycles. The molecule has 11 heteroatoms. The van der Waals surface area contributed by atoms with Gasteiger partial charge >= 0.3 is 6.01 Å². The van der Waals surface area contributed by atoms with Gasteiger partial charge in [0.2, 0.25) is 15.9 Å². The van der Waals surface area contributed by atoms with Crippen molar-refractivity contribution < 1.29 is 17.9 Å². The zero-order valence-electron chi connectivity index (χ0n) is 19.5. The van der Waals surface area contributed by atoms with Crippen LogP contribution in [-0.2, 0) is 10.0 Å². The molecule has 4 aromatic rings.